The number of halogens is 6. The second-order valence-electron chi connectivity index (χ2n) is 2.59. The van der Waals surface area contributed by atoms with Crippen LogP contribution in [0.5, 0.6) is 0 Å². The smallest absolute Gasteiger partial charge is 0.397 e. The first-order valence-electron chi connectivity index (χ1n) is 3.54. The lowest BCUT2D eigenvalue weighted by Gasteiger charge is -2.13. The molecular weight excluding hydrogens is 287 g/mol. The minimum Gasteiger partial charge on any atom is -0.397 e. The van der Waals surface area contributed by atoms with Gasteiger partial charge in [0.05, 0.1) is 21.9 Å². The van der Waals surface area contributed by atoms with Crippen LogP contribution in [0.15, 0.2) is 10.7 Å². The van der Waals surface area contributed by atoms with Gasteiger partial charge in [0.2, 0.25) is 0 Å². The van der Waals surface area contributed by atoms with Crippen molar-refractivity contribution < 1.29 is 22.0 Å². The van der Waals surface area contributed by atoms with Crippen molar-refractivity contribution in [3.05, 3.63) is 21.9 Å². The standard InChI is InChI=1S/C7H4BrF5N2/c8-4-2(14)1-15-5(7(11,12)13)3(4)6(9)10/h1,6H,14H2. The summed E-state index contributed by atoms with van der Waals surface area (Å²) in [5, 5.41) is 0. The van der Waals surface area contributed by atoms with Crippen LogP contribution in [-0.4, -0.2) is 4.98 Å². The van der Waals surface area contributed by atoms with Crippen LogP contribution < -0.4 is 5.73 Å². The van der Waals surface area contributed by atoms with Crippen molar-refractivity contribution in [3.63, 3.8) is 0 Å². The topological polar surface area (TPSA) is 38.9 Å². The van der Waals surface area contributed by atoms with Crippen LogP contribution in [0.1, 0.15) is 17.7 Å². The lowest BCUT2D eigenvalue weighted by Crippen LogP contribution is -2.13. The molecule has 8 heteroatoms. The normalized spacial score (nSPS) is 12.2. The second kappa shape index (κ2) is 3.92. The number of nitrogen functional groups attached to an aromatic ring is 1. The number of aromatic nitrogens is 1. The predicted molar refractivity (Wildman–Crippen MR) is 46.3 cm³/mol. The third-order valence-corrected chi connectivity index (χ3v) is 2.45. The zero-order chi connectivity index (χ0) is 11.8. The van der Waals surface area contributed by atoms with Crippen molar-refractivity contribution >= 4 is 21.6 Å². The molecule has 0 fully saturated rings. The Kier molecular flexibility index (Phi) is 3.17. The van der Waals surface area contributed by atoms with Crippen LogP contribution in [0, 0.1) is 0 Å². The van der Waals surface area contributed by atoms with Gasteiger partial charge < -0.3 is 5.73 Å². The molecule has 0 amide bonds. The second-order valence-corrected chi connectivity index (χ2v) is 3.38. The minimum absolute atomic E-state index is 0.265. The van der Waals surface area contributed by atoms with Gasteiger partial charge in [0.25, 0.3) is 6.43 Å². The van der Waals surface area contributed by atoms with E-state index in [1.54, 1.807) is 0 Å². The van der Waals surface area contributed by atoms with Crippen LogP contribution in [0.4, 0.5) is 27.6 Å². The largest absolute Gasteiger partial charge is 0.433 e. The summed E-state index contributed by atoms with van der Waals surface area (Å²) >= 11 is 2.58. The Bertz CT molecular complexity index is 376. The van der Waals surface area contributed by atoms with Gasteiger partial charge in [-0.25, -0.2) is 13.8 Å². The molecule has 1 aromatic heterocycles. The van der Waals surface area contributed by atoms with Gasteiger partial charge >= 0.3 is 6.18 Å². The highest BCUT2D eigenvalue weighted by Gasteiger charge is 2.39. The van der Waals surface area contributed by atoms with Gasteiger partial charge in [0.15, 0.2) is 5.69 Å². The first kappa shape index (κ1) is 12.2. The average molecular weight is 291 g/mol. The highest BCUT2D eigenvalue weighted by atomic mass is 79.9. The van der Waals surface area contributed by atoms with Crippen molar-refractivity contribution in [2.45, 2.75) is 12.6 Å². The van der Waals surface area contributed by atoms with E-state index in [0.717, 1.165) is 0 Å². The summed E-state index contributed by atoms with van der Waals surface area (Å²) in [5.41, 5.74) is 2.03. The Morgan fingerprint density at radius 1 is 1.33 bits per heavy atom. The summed E-state index contributed by atoms with van der Waals surface area (Å²) < 4.78 is 61.1. The number of nitrogens with two attached hydrogens (primary N) is 1. The molecule has 0 aliphatic carbocycles. The van der Waals surface area contributed by atoms with E-state index in [1.807, 2.05) is 0 Å². The molecule has 2 nitrogen and oxygen atoms in total. The fourth-order valence-electron chi connectivity index (χ4n) is 0.945. The Morgan fingerprint density at radius 2 is 1.87 bits per heavy atom. The molecule has 0 saturated heterocycles. The predicted octanol–water partition coefficient (Wildman–Crippen LogP) is 3.38. The number of pyridine rings is 1. The maximum Gasteiger partial charge on any atom is 0.433 e. The monoisotopic (exact) mass is 290 g/mol. The summed E-state index contributed by atoms with van der Waals surface area (Å²) in [7, 11) is 0. The Morgan fingerprint density at radius 3 is 2.27 bits per heavy atom. The van der Waals surface area contributed by atoms with Gasteiger partial charge in [-0.3, -0.25) is 0 Å². The van der Waals surface area contributed by atoms with Gasteiger partial charge in [0.1, 0.15) is 0 Å². The molecule has 0 aliphatic heterocycles. The molecule has 0 atom stereocenters. The summed E-state index contributed by atoms with van der Waals surface area (Å²) in [6.07, 6.45) is -7.55. The highest BCUT2D eigenvalue weighted by Crippen LogP contribution is 2.40. The van der Waals surface area contributed by atoms with Crippen LogP contribution in [0.2, 0.25) is 0 Å². The van der Waals surface area contributed by atoms with E-state index in [0.29, 0.717) is 6.20 Å². The van der Waals surface area contributed by atoms with E-state index in [-0.39, 0.29) is 5.69 Å². The lowest BCUT2D eigenvalue weighted by molar-refractivity contribution is -0.143. The molecule has 0 bridgehead atoms. The van der Waals surface area contributed by atoms with Crippen molar-refractivity contribution in [2.75, 3.05) is 5.73 Å². The maximum atomic E-state index is 12.4. The zero-order valence-electron chi connectivity index (χ0n) is 6.95. The van der Waals surface area contributed by atoms with Gasteiger partial charge in [-0.2, -0.15) is 13.2 Å². The van der Waals surface area contributed by atoms with E-state index in [4.69, 9.17) is 5.73 Å². The molecule has 0 aliphatic rings. The average Bonchev–Trinajstić information content (AvgIpc) is 2.06. The van der Waals surface area contributed by atoms with Crippen LogP contribution >= 0.6 is 15.9 Å². The van der Waals surface area contributed by atoms with Crippen molar-refractivity contribution in [2.24, 2.45) is 0 Å². The molecule has 84 valence electrons. The van der Waals surface area contributed by atoms with Crippen molar-refractivity contribution in [3.8, 4) is 0 Å². The van der Waals surface area contributed by atoms with Gasteiger partial charge in [0, 0.05) is 0 Å². The van der Waals surface area contributed by atoms with Gasteiger partial charge in [-0.1, -0.05) is 0 Å². The molecule has 0 unspecified atom stereocenters. The number of hydrogen-bond acceptors (Lipinski definition) is 2. The van der Waals surface area contributed by atoms with Crippen LogP contribution in [0.3, 0.4) is 0 Å². The molecule has 1 aromatic rings. The summed E-state index contributed by atoms with van der Waals surface area (Å²) in [4.78, 5) is 2.87. The molecule has 15 heavy (non-hydrogen) atoms. The van der Waals surface area contributed by atoms with Crippen LogP contribution in [0.25, 0.3) is 0 Å². The Labute approximate surface area is 89.4 Å². The quantitative estimate of drug-likeness (QED) is 0.805. The molecule has 0 aromatic carbocycles. The minimum atomic E-state index is -4.93. The summed E-state index contributed by atoms with van der Waals surface area (Å²) in [5.74, 6) is 0. The summed E-state index contributed by atoms with van der Waals surface area (Å²) in [6, 6.07) is 0. The lowest BCUT2D eigenvalue weighted by atomic mass is 10.2. The highest BCUT2D eigenvalue weighted by molar-refractivity contribution is 9.10. The molecule has 0 radical (unpaired) electrons. The fourth-order valence-corrected chi connectivity index (χ4v) is 1.41. The van der Waals surface area contributed by atoms with Crippen molar-refractivity contribution in [1.29, 1.82) is 0 Å². The molecule has 0 saturated carbocycles. The number of nitrogens with zero attached hydrogens (tertiary/aromatic N) is 1. The van der Waals surface area contributed by atoms with Crippen LogP contribution in [-0.2, 0) is 6.18 Å². The van der Waals surface area contributed by atoms with Crippen molar-refractivity contribution in [1.82, 2.24) is 4.98 Å². The third kappa shape index (κ3) is 2.36. The fraction of sp³-hybridized carbons (Fsp3) is 0.286. The van der Waals surface area contributed by atoms with E-state index < -0.39 is 28.3 Å². The molecule has 1 heterocycles. The Balaban J connectivity index is 3.47. The van der Waals surface area contributed by atoms with E-state index in [2.05, 4.69) is 20.9 Å². The van der Waals surface area contributed by atoms with Gasteiger partial charge in [-0.15, -0.1) is 0 Å². The first-order chi connectivity index (χ1) is 6.75. The van der Waals surface area contributed by atoms with E-state index >= 15 is 0 Å². The van der Waals surface area contributed by atoms with E-state index in [9.17, 15) is 22.0 Å². The molecular formula is C7H4BrF5N2. The van der Waals surface area contributed by atoms with Gasteiger partial charge in [-0.05, 0) is 15.9 Å². The SMILES string of the molecule is Nc1cnc(C(F)(F)F)c(C(F)F)c1Br. The molecule has 2 N–H and O–H groups in total. The molecule has 0 spiro atoms. The zero-order valence-corrected chi connectivity index (χ0v) is 8.53. The Hall–Kier alpha value is -0.920. The number of rotatable bonds is 1. The number of anilines is 1. The molecule has 1 rings (SSSR count). The number of alkyl halides is 5. The summed E-state index contributed by atoms with van der Waals surface area (Å²) in [6.45, 7) is 0. The number of hydrogen-bond donors (Lipinski definition) is 1. The third-order valence-electron chi connectivity index (χ3n) is 1.56. The maximum absolute atomic E-state index is 12.4. The first-order valence-corrected chi connectivity index (χ1v) is 4.33. The van der Waals surface area contributed by atoms with E-state index in [1.165, 1.54) is 0 Å².